The molecule has 3 aromatic heterocycles. The van der Waals surface area contributed by atoms with Crippen LogP contribution >= 0.6 is 0 Å². The van der Waals surface area contributed by atoms with E-state index < -0.39 is 0 Å². The summed E-state index contributed by atoms with van der Waals surface area (Å²) in [6.45, 7) is 0. The summed E-state index contributed by atoms with van der Waals surface area (Å²) in [5.41, 5.74) is 14.7. The number of aromatic nitrogens is 5. The third kappa shape index (κ3) is 8.85. The highest BCUT2D eigenvalue weighted by Gasteiger charge is 2.25. The Morgan fingerprint density at radius 2 is 0.625 bits per heavy atom. The second-order valence-electron chi connectivity index (χ2n) is 20.9. The zero-order valence-corrected chi connectivity index (χ0v) is 46.3. The summed E-state index contributed by atoms with van der Waals surface area (Å²) in [4.78, 5) is 15.8. The summed E-state index contributed by atoms with van der Waals surface area (Å²) >= 11 is 0. The van der Waals surface area contributed by atoms with Crippen molar-refractivity contribution in [2.75, 3.05) is 0 Å². The molecule has 14 aromatic rings. The van der Waals surface area contributed by atoms with Crippen LogP contribution in [0.3, 0.4) is 0 Å². The SMILES string of the molecule is N#Cc1ccc(-c2ccc(-n3c4ccccc4c4cc(-c5c(C#N)cc(C#N)cc5C#N)ccc43)c(-c3ccc(-n4c5ccccc5c5cc(-c6c(C#N)cc(C#N)cc6C#N)ccc54)c(-c4nc(-c5ccccc5)nc(-c5ccccc5)n4)c3)c2)cc1. The monoisotopic (exact) mass is 1120 g/mol. The van der Waals surface area contributed by atoms with Gasteiger partial charge in [-0.25, -0.2) is 15.0 Å². The van der Waals surface area contributed by atoms with Gasteiger partial charge in [-0.15, -0.1) is 0 Å². The van der Waals surface area contributed by atoms with E-state index in [2.05, 4.69) is 112 Å². The van der Waals surface area contributed by atoms with Gasteiger partial charge < -0.3 is 9.13 Å². The molecule has 0 spiro atoms. The lowest BCUT2D eigenvalue weighted by molar-refractivity contribution is 1.06. The molecule has 0 amide bonds. The van der Waals surface area contributed by atoms with E-state index in [1.807, 2.05) is 146 Å². The number of hydrogen-bond donors (Lipinski definition) is 0. The first kappa shape index (κ1) is 52.5. The van der Waals surface area contributed by atoms with E-state index in [4.69, 9.17) is 15.0 Å². The van der Waals surface area contributed by atoms with Gasteiger partial charge in [0.1, 0.15) is 0 Å². The number of benzene rings is 11. The van der Waals surface area contributed by atoms with Gasteiger partial charge in [-0.2, -0.15) is 36.8 Å². The predicted molar refractivity (Wildman–Crippen MR) is 340 cm³/mol. The van der Waals surface area contributed by atoms with Crippen molar-refractivity contribution in [3.63, 3.8) is 0 Å². The van der Waals surface area contributed by atoms with Crippen LogP contribution in [0.2, 0.25) is 0 Å². The van der Waals surface area contributed by atoms with Crippen molar-refractivity contribution in [1.29, 1.82) is 36.8 Å². The van der Waals surface area contributed by atoms with Gasteiger partial charge in [0.15, 0.2) is 17.5 Å². The topological polar surface area (TPSA) is 215 Å². The molecule has 0 bridgehead atoms. The van der Waals surface area contributed by atoms with Crippen molar-refractivity contribution in [2.45, 2.75) is 0 Å². The number of fused-ring (bicyclic) bond motifs is 6. The second kappa shape index (κ2) is 21.7. The Kier molecular flexibility index (Phi) is 12.9. The normalized spacial score (nSPS) is 10.9. The van der Waals surface area contributed by atoms with Crippen LogP contribution in [0.5, 0.6) is 0 Å². The van der Waals surface area contributed by atoms with E-state index in [1.54, 1.807) is 0 Å². The highest BCUT2D eigenvalue weighted by molar-refractivity contribution is 6.13. The lowest BCUT2D eigenvalue weighted by atomic mass is 9.92. The Morgan fingerprint density at radius 1 is 0.250 bits per heavy atom. The van der Waals surface area contributed by atoms with Crippen LogP contribution in [-0.2, 0) is 0 Å². The molecule has 0 saturated heterocycles. The largest absolute Gasteiger partial charge is 0.309 e. The molecule has 0 aliphatic rings. The van der Waals surface area contributed by atoms with Crippen molar-refractivity contribution in [3.8, 4) is 133 Å². The maximum atomic E-state index is 10.4. The summed E-state index contributed by atoms with van der Waals surface area (Å²) < 4.78 is 4.42. The first-order valence-corrected chi connectivity index (χ1v) is 27.8. The number of nitrogens with zero attached hydrogens (tertiary/aromatic N) is 12. The minimum atomic E-state index is 0.217. The molecule has 402 valence electrons. The summed E-state index contributed by atoms with van der Waals surface area (Å²) in [6, 6.07) is 89.3. The molecule has 0 fully saturated rings. The zero-order valence-electron chi connectivity index (χ0n) is 46.3. The maximum Gasteiger partial charge on any atom is 0.166 e. The van der Waals surface area contributed by atoms with Crippen LogP contribution in [0.4, 0.5) is 0 Å². The standard InChI is InChI=1S/C76H38N12/c77-39-46-19-21-49(22-20-46)52-23-27-68(87-66-17-9-7-15-60(66)63-37-54(25-29-69(63)87)72-56(42-80)31-47(40-78)32-57(72)43-81)62(35-52)53-24-28-71(65(36-53)76-85-74(50-11-3-1-4-12-50)84-75(86-76)51-13-5-2-6-14-51)88-67-18-10-8-16-61(67)64-38-55(26-30-70(64)88)73-58(44-82)33-48(41-79)34-59(73)45-83/h1-38H. The molecule has 11 aromatic carbocycles. The minimum Gasteiger partial charge on any atom is -0.309 e. The Hall–Kier alpha value is -13.5. The van der Waals surface area contributed by atoms with Crippen LogP contribution in [0.25, 0.3) is 134 Å². The summed E-state index contributed by atoms with van der Waals surface area (Å²) in [7, 11) is 0. The van der Waals surface area contributed by atoms with E-state index >= 15 is 0 Å². The van der Waals surface area contributed by atoms with Gasteiger partial charge in [-0.05, 0) is 125 Å². The third-order valence-corrected chi connectivity index (χ3v) is 16.0. The summed E-state index contributed by atoms with van der Waals surface area (Å²) in [5.74, 6) is 1.33. The zero-order chi connectivity index (χ0) is 60.0. The third-order valence-electron chi connectivity index (χ3n) is 16.0. The van der Waals surface area contributed by atoms with E-state index in [0.717, 1.165) is 88.4 Å². The Labute approximate surface area is 503 Å². The number of hydrogen-bond acceptors (Lipinski definition) is 10. The van der Waals surface area contributed by atoms with Crippen molar-refractivity contribution >= 4 is 43.6 Å². The van der Waals surface area contributed by atoms with Gasteiger partial charge in [-0.3, -0.25) is 0 Å². The average Bonchev–Trinajstić information content (AvgIpc) is 1.67. The Balaban J connectivity index is 1.06. The van der Waals surface area contributed by atoms with E-state index in [1.165, 1.54) is 24.3 Å². The Bertz CT molecular complexity index is 5460. The van der Waals surface area contributed by atoms with Crippen molar-refractivity contribution in [1.82, 2.24) is 24.1 Å². The van der Waals surface area contributed by atoms with Crippen LogP contribution in [0, 0.1) is 79.3 Å². The van der Waals surface area contributed by atoms with Crippen LogP contribution in [0.1, 0.15) is 38.9 Å². The van der Waals surface area contributed by atoms with Gasteiger partial charge >= 0.3 is 0 Å². The minimum absolute atomic E-state index is 0.217. The first-order valence-electron chi connectivity index (χ1n) is 27.8. The summed E-state index contributed by atoms with van der Waals surface area (Å²) in [6.07, 6.45) is 0. The Morgan fingerprint density at radius 3 is 1.08 bits per heavy atom. The van der Waals surface area contributed by atoms with Crippen LogP contribution < -0.4 is 0 Å². The van der Waals surface area contributed by atoms with Gasteiger partial charge in [0, 0.05) is 54.9 Å². The molecule has 0 aliphatic heterocycles. The van der Waals surface area contributed by atoms with Gasteiger partial charge in [0.2, 0.25) is 0 Å². The smallest absolute Gasteiger partial charge is 0.166 e. The molecule has 0 aliphatic carbocycles. The molecule has 0 saturated carbocycles. The molecule has 88 heavy (non-hydrogen) atoms. The van der Waals surface area contributed by atoms with Crippen LogP contribution in [-0.4, -0.2) is 24.1 Å². The molecule has 12 nitrogen and oxygen atoms in total. The molecular weight excluding hydrogens is 1080 g/mol. The van der Waals surface area contributed by atoms with E-state index in [9.17, 15) is 36.8 Å². The maximum absolute atomic E-state index is 10.4. The fraction of sp³-hybridized carbons (Fsp3) is 0. The fourth-order valence-electron chi connectivity index (χ4n) is 12.0. The van der Waals surface area contributed by atoms with Gasteiger partial charge in [0.05, 0.1) is 115 Å². The van der Waals surface area contributed by atoms with Gasteiger partial charge in [0.25, 0.3) is 0 Å². The van der Waals surface area contributed by atoms with Crippen molar-refractivity contribution in [3.05, 3.63) is 269 Å². The first-order chi connectivity index (χ1) is 43.3. The average molecular weight is 1120 g/mol. The molecular formula is C76H38N12. The van der Waals surface area contributed by atoms with Crippen molar-refractivity contribution < 1.29 is 0 Å². The quantitative estimate of drug-likeness (QED) is 0.133. The molecule has 0 atom stereocenters. The summed E-state index contributed by atoms with van der Waals surface area (Å²) in [5, 5.41) is 74.6. The fourth-order valence-corrected chi connectivity index (χ4v) is 12.0. The number of rotatable bonds is 9. The van der Waals surface area contributed by atoms with E-state index in [-0.39, 0.29) is 33.4 Å². The van der Waals surface area contributed by atoms with Gasteiger partial charge in [-0.1, -0.05) is 133 Å². The van der Waals surface area contributed by atoms with Crippen LogP contribution in [0.15, 0.2) is 231 Å². The lowest BCUT2D eigenvalue weighted by Gasteiger charge is -2.19. The second-order valence-corrected chi connectivity index (χ2v) is 20.9. The highest BCUT2D eigenvalue weighted by Crippen LogP contribution is 2.45. The molecule has 3 heterocycles. The molecule has 12 heteroatoms. The molecule has 0 N–H and O–H groups in total. The van der Waals surface area contributed by atoms with E-state index in [0.29, 0.717) is 50.9 Å². The predicted octanol–water partition coefficient (Wildman–Crippen LogP) is 16.8. The lowest BCUT2D eigenvalue weighted by Crippen LogP contribution is -2.04. The highest BCUT2D eigenvalue weighted by atomic mass is 15.1. The van der Waals surface area contributed by atoms with Crippen molar-refractivity contribution in [2.24, 2.45) is 0 Å². The molecule has 0 unspecified atom stereocenters. The molecule has 14 rings (SSSR count). The molecule has 0 radical (unpaired) electrons. The number of para-hydroxylation sites is 2. The number of nitriles is 7.